The highest BCUT2D eigenvalue weighted by molar-refractivity contribution is 6.17. The highest BCUT2D eigenvalue weighted by Crippen LogP contribution is 2.38. The molecule has 0 saturated carbocycles. The molecule has 0 spiro atoms. The lowest BCUT2D eigenvalue weighted by Crippen LogP contribution is -2.45. The minimum absolute atomic E-state index is 0.00493. The maximum Gasteiger partial charge on any atom is 0.257 e. The van der Waals surface area contributed by atoms with Crippen LogP contribution in [0.2, 0.25) is 0 Å². The van der Waals surface area contributed by atoms with Gasteiger partial charge in [0.2, 0.25) is 5.91 Å². The van der Waals surface area contributed by atoms with Crippen molar-refractivity contribution in [1.82, 2.24) is 9.80 Å². The van der Waals surface area contributed by atoms with Crippen molar-refractivity contribution in [3.05, 3.63) is 54.1 Å². The Bertz CT molecular complexity index is 859. The van der Waals surface area contributed by atoms with Gasteiger partial charge in [-0.05, 0) is 31.3 Å². The average molecular weight is 364 g/mol. The summed E-state index contributed by atoms with van der Waals surface area (Å²) in [7, 11) is 2.12. The van der Waals surface area contributed by atoms with Gasteiger partial charge in [0.15, 0.2) is 0 Å². The molecule has 2 amide bonds. The maximum absolute atomic E-state index is 13.2. The molecule has 0 radical (unpaired) electrons. The molecule has 1 N–H and O–H groups in total. The monoisotopic (exact) mass is 364 g/mol. The Morgan fingerprint density at radius 1 is 0.963 bits per heavy atom. The standard InChI is InChI=1S/C21H24N4O2/c1-23-12-14-24(15-13-23)11-10-20(26)25-18-8-4-2-6-16(18)21(27)22-17-7-3-5-9-19(17)25/h2-9H,10-15H2,1H3,(H,22,27). The third-order valence-corrected chi connectivity index (χ3v) is 5.27. The SMILES string of the molecule is CN1CCN(CCC(=O)N2c3ccccc3NC(=O)c3ccccc32)CC1. The van der Waals surface area contributed by atoms with Gasteiger partial charge in [0.25, 0.3) is 5.91 Å². The van der Waals surface area contributed by atoms with Crippen molar-refractivity contribution in [2.24, 2.45) is 0 Å². The highest BCUT2D eigenvalue weighted by atomic mass is 16.2. The average Bonchev–Trinajstić information content (AvgIpc) is 2.81. The minimum Gasteiger partial charge on any atom is -0.320 e. The number of piperazine rings is 1. The van der Waals surface area contributed by atoms with Crippen molar-refractivity contribution in [3.63, 3.8) is 0 Å². The van der Waals surface area contributed by atoms with E-state index in [4.69, 9.17) is 0 Å². The first-order chi connectivity index (χ1) is 13.1. The maximum atomic E-state index is 13.2. The number of anilines is 3. The molecular formula is C21H24N4O2. The topological polar surface area (TPSA) is 55.9 Å². The summed E-state index contributed by atoms with van der Waals surface area (Å²) in [5, 5.41) is 2.93. The number of nitrogens with zero attached hydrogens (tertiary/aromatic N) is 3. The molecule has 2 aromatic carbocycles. The zero-order chi connectivity index (χ0) is 18.8. The van der Waals surface area contributed by atoms with Crippen LogP contribution in [0.4, 0.5) is 17.1 Å². The van der Waals surface area contributed by atoms with E-state index in [9.17, 15) is 9.59 Å². The summed E-state index contributed by atoms with van der Waals surface area (Å²) in [5.74, 6) is -0.183. The summed E-state index contributed by atoms with van der Waals surface area (Å²) < 4.78 is 0. The summed E-state index contributed by atoms with van der Waals surface area (Å²) in [6.45, 7) is 4.76. The van der Waals surface area contributed by atoms with E-state index in [1.54, 1.807) is 11.0 Å². The number of fused-ring (bicyclic) bond motifs is 2. The molecule has 6 heteroatoms. The Morgan fingerprint density at radius 3 is 2.41 bits per heavy atom. The van der Waals surface area contributed by atoms with E-state index in [0.29, 0.717) is 23.4 Å². The van der Waals surface area contributed by atoms with E-state index in [2.05, 4.69) is 22.2 Å². The van der Waals surface area contributed by atoms with Crippen LogP contribution in [0.15, 0.2) is 48.5 Å². The van der Waals surface area contributed by atoms with Crippen molar-refractivity contribution in [1.29, 1.82) is 0 Å². The van der Waals surface area contributed by atoms with E-state index >= 15 is 0 Å². The van der Waals surface area contributed by atoms with Gasteiger partial charge in [0.1, 0.15) is 0 Å². The van der Waals surface area contributed by atoms with E-state index in [0.717, 1.165) is 38.4 Å². The van der Waals surface area contributed by atoms with Gasteiger partial charge in [-0.1, -0.05) is 24.3 Å². The molecule has 0 bridgehead atoms. The molecule has 2 aliphatic heterocycles. The molecule has 2 heterocycles. The van der Waals surface area contributed by atoms with Crippen LogP contribution >= 0.6 is 0 Å². The van der Waals surface area contributed by atoms with Crippen molar-refractivity contribution < 1.29 is 9.59 Å². The molecule has 27 heavy (non-hydrogen) atoms. The van der Waals surface area contributed by atoms with Crippen LogP contribution in [0.25, 0.3) is 0 Å². The molecule has 1 saturated heterocycles. The van der Waals surface area contributed by atoms with Crippen LogP contribution < -0.4 is 10.2 Å². The quantitative estimate of drug-likeness (QED) is 0.909. The fourth-order valence-corrected chi connectivity index (χ4v) is 3.66. The lowest BCUT2D eigenvalue weighted by atomic mass is 10.1. The van der Waals surface area contributed by atoms with Crippen LogP contribution in [-0.4, -0.2) is 61.4 Å². The first kappa shape index (κ1) is 17.7. The number of nitrogens with one attached hydrogen (secondary N) is 1. The van der Waals surface area contributed by atoms with Gasteiger partial charge in [0.05, 0.1) is 22.6 Å². The Balaban J connectivity index is 1.61. The first-order valence-electron chi connectivity index (χ1n) is 9.37. The van der Waals surface area contributed by atoms with Crippen molar-refractivity contribution in [2.45, 2.75) is 6.42 Å². The van der Waals surface area contributed by atoms with Crippen molar-refractivity contribution in [3.8, 4) is 0 Å². The number of carbonyl (C=O) groups is 2. The molecule has 0 unspecified atom stereocenters. The predicted octanol–water partition coefficient (Wildman–Crippen LogP) is 2.55. The lowest BCUT2D eigenvalue weighted by molar-refractivity contribution is -0.118. The third kappa shape index (κ3) is 3.59. The fraction of sp³-hybridized carbons (Fsp3) is 0.333. The molecule has 4 rings (SSSR count). The third-order valence-electron chi connectivity index (χ3n) is 5.27. The second kappa shape index (κ2) is 7.50. The number of likely N-dealkylation sites (N-methyl/N-ethyl adjacent to an activating group) is 1. The van der Waals surface area contributed by atoms with Crippen LogP contribution in [0.3, 0.4) is 0 Å². The Kier molecular flexibility index (Phi) is 4.92. The van der Waals surface area contributed by atoms with E-state index in [1.165, 1.54) is 0 Å². The highest BCUT2D eigenvalue weighted by Gasteiger charge is 2.29. The van der Waals surface area contributed by atoms with E-state index in [-0.39, 0.29) is 11.8 Å². The van der Waals surface area contributed by atoms with Gasteiger partial charge in [-0.15, -0.1) is 0 Å². The molecule has 0 atom stereocenters. The fourth-order valence-electron chi connectivity index (χ4n) is 3.66. The number of hydrogen-bond acceptors (Lipinski definition) is 4. The summed E-state index contributed by atoms with van der Waals surface area (Å²) in [6, 6.07) is 14.7. The second-order valence-electron chi connectivity index (χ2n) is 7.11. The first-order valence-corrected chi connectivity index (χ1v) is 9.37. The van der Waals surface area contributed by atoms with Gasteiger partial charge in [-0.3, -0.25) is 14.5 Å². The van der Waals surface area contributed by atoms with Crippen molar-refractivity contribution in [2.75, 3.05) is 50.0 Å². The summed E-state index contributed by atoms with van der Waals surface area (Å²) in [4.78, 5) is 32.2. The van der Waals surface area contributed by atoms with Gasteiger partial charge < -0.3 is 15.1 Å². The number of amides is 2. The Labute approximate surface area is 159 Å². The summed E-state index contributed by atoms with van der Waals surface area (Å²) >= 11 is 0. The van der Waals surface area contributed by atoms with Gasteiger partial charge in [-0.25, -0.2) is 0 Å². The zero-order valence-electron chi connectivity index (χ0n) is 15.5. The number of para-hydroxylation sites is 3. The van der Waals surface area contributed by atoms with Gasteiger partial charge in [0, 0.05) is 39.1 Å². The van der Waals surface area contributed by atoms with Crippen molar-refractivity contribution >= 4 is 28.9 Å². The number of hydrogen-bond donors (Lipinski definition) is 1. The second-order valence-corrected chi connectivity index (χ2v) is 7.11. The predicted molar refractivity (Wildman–Crippen MR) is 107 cm³/mol. The number of rotatable bonds is 3. The minimum atomic E-state index is -0.188. The molecule has 2 aliphatic rings. The molecule has 0 aromatic heterocycles. The number of carbonyl (C=O) groups excluding carboxylic acids is 2. The summed E-state index contributed by atoms with van der Waals surface area (Å²) in [5.41, 5.74) is 2.54. The molecule has 0 aliphatic carbocycles. The largest absolute Gasteiger partial charge is 0.320 e. The van der Waals surface area contributed by atoms with Gasteiger partial charge in [-0.2, -0.15) is 0 Å². The molecule has 6 nitrogen and oxygen atoms in total. The number of benzene rings is 2. The van der Waals surface area contributed by atoms with Gasteiger partial charge >= 0.3 is 0 Å². The normalized spacial score (nSPS) is 17.7. The molecule has 2 aromatic rings. The van der Waals surface area contributed by atoms with Crippen LogP contribution in [0, 0.1) is 0 Å². The summed E-state index contributed by atoms with van der Waals surface area (Å²) in [6.07, 6.45) is 0.417. The molecule has 1 fully saturated rings. The van der Waals surface area contributed by atoms with E-state index in [1.807, 2.05) is 42.5 Å². The van der Waals surface area contributed by atoms with Crippen LogP contribution in [0.1, 0.15) is 16.8 Å². The molecular weight excluding hydrogens is 340 g/mol. The molecule has 140 valence electrons. The zero-order valence-corrected chi connectivity index (χ0v) is 15.5. The van der Waals surface area contributed by atoms with E-state index < -0.39 is 0 Å². The van der Waals surface area contributed by atoms with Crippen LogP contribution in [-0.2, 0) is 4.79 Å². The van der Waals surface area contributed by atoms with Crippen LogP contribution in [0.5, 0.6) is 0 Å². The Hall–Kier alpha value is -2.70. The Morgan fingerprint density at radius 2 is 1.63 bits per heavy atom. The smallest absolute Gasteiger partial charge is 0.257 e. The lowest BCUT2D eigenvalue weighted by Gasteiger charge is -2.32.